The standard InChI is InChI=1S/C15H19BrN4O/c1-4-17-13-8-14(20-15(19-13)9-21-3)18-12-7-11(16)6-5-10(12)2/h5-8H,4,9H2,1-3H3,(H2,17,18,19,20). The Hall–Kier alpha value is -1.66. The lowest BCUT2D eigenvalue weighted by atomic mass is 10.2. The van der Waals surface area contributed by atoms with Crippen molar-refractivity contribution in [2.75, 3.05) is 24.3 Å². The van der Waals surface area contributed by atoms with E-state index in [2.05, 4.69) is 49.5 Å². The second-order valence-electron chi connectivity index (χ2n) is 4.60. The molecule has 0 saturated carbocycles. The minimum atomic E-state index is 0.380. The van der Waals surface area contributed by atoms with Gasteiger partial charge in [-0.05, 0) is 31.5 Å². The van der Waals surface area contributed by atoms with Crippen molar-refractivity contribution in [1.29, 1.82) is 0 Å². The van der Waals surface area contributed by atoms with E-state index in [4.69, 9.17) is 4.74 Å². The first-order valence-electron chi connectivity index (χ1n) is 6.76. The van der Waals surface area contributed by atoms with Crippen LogP contribution in [0, 0.1) is 6.92 Å². The highest BCUT2D eigenvalue weighted by atomic mass is 79.9. The predicted octanol–water partition coefficient (Wildman–Crippen LogP) is 3.87. The van der Waals surface area contributed by atoms with Gasteiger partial charge >= 0.3 is 0 Å². The fraction of sp³-hybridized carbons (Fsp3) is 0.333. The summed E-state index contributed by atoms with van der Waals surface area (Å²) in [5, 5.41) is 6.54. The zero-order valence-corrected chi connectivity index (χ0v) is 14.0. The second kappa shape index (κ2) is 7.38. The smallest absolute Gasteiger partial charge is 0.158 e. The van der Waals surface area contributed by atoms with Crippen LogP contribution >= 0.6 is 15.9 Å². The molecule has 0 aliphatic carbocycles. The van der Waals surface area contributed by atoms with E-state index in [1.807, 2.05) is 25.1 Å². The van der Waals surface area contributed by atoms with Crippen LogP contribution in [0.5, 0.6) is 0 Å². The van der Waals surface area contributed by atoms with Crippen LogP contribution in [0.2, 0.25) is 0 Å². The van der Waals surface area contributed by atoms with Gasteiger partial charge in [0.2, 0.25) is 0 Å². The van der Waals surface area contributed by atoms with Crippen molar-refractivity contribution in [1.82, 2.24) is 9.97 Å². The molecular formula is C15H19BrN4O. The Morgan fingerprint density at radius 3 is 2.67 bits per heavy atom. The number of anilines is 3. The van der Waals surface area contributed by atoms with Crippen LogP contribution in [0.1, 0.15) is 18.3 Å². The molecule has 2 rings (SSSR count). The summed E-state index contributed by atoms with van der Waals surface area (Å²) in [5.74, 6) is 2.18. The number of benzene rings is 1. The topological polar surface area (TPSA) is 59.1 Å². The third kappa shape index (κ3) is 4.41. The molecule has 0 spiro atoms. The number of halogens is 1. The zero-order valence-electron chi connectivity index (χ0n) is 12.4. The van der Waals surface area contributed by atoms with Crippen LogP contribution in [-0.4, -0.2) is 23.6 Å². The molecule has 2 N–H and O–H groups in total. The lowest BCUT2D eigenvalue weighted by Crippen LogP contribution is -2.07. The zero-order chi connectivity index (χ0) is 15.2. The van der Waals surface area contributed by atoms with Crippen LogP contribution in [0.3, 0.4) is 0 Å². The van der Waals surface area contributed by atoms with Gasteiger partial charge in [-0.1, -0.05) is 22.0 Å². The Morgan fingerprint density at radius 1 is 1.19 bits per heavy atom. The number of nitrogens with zero attached hydrogens (tertiary/aromatic N) is 2. The van der Waals surface area contributed by atoms with Crippen molar-refractivity contribution in [2.45, 2.75) is 20.5 Å². The molecule has 1 heterocycles. The van der Waals surface area contributed by atoms with Gasteiger partial charge in [0.05, 0.1) is 0 Å². The van der Waals surface area contributed by atoms with E-state index in [-0.39, 0.29) is 0 Å². The van der Waals surface area contributed by atoms with Crippen molar-refractivity contribution in [3.8, 4) is 0 Å². The summed E-state index contributed by atoms with van der Waals surface area (Å²) >= 11 is 3.48. The molecule has 0 bridgehead atoms. The van der Waals surface area contributed by atoms with Crippen molar-refractivity contribution in [3.63, 3.8) is 0 Å². The van der Waals surface area contributed by atoms with E-state index in [1.165, 1.54) is 0 Å². The largest absolute Gasteiger partial charge is 0.377 e. The molecule has 0 aliphatic rings. The van der Waals surface area contributed by atoms with Crippen LogP contribution in [-0.2, 0) is 11.3 Å². The van der Waals surface area contributed by atoms with E-state index >= 15 is 0 Å². The van der Waals surface area contributed by atoms with Crippen LogP contribution < -0.4 is 10.6 Å². The number of hydrogen-bond donors (Lipinski definition) is 2. The van der Waals surface area contributed by atoms with Gasteiger partial charge in [0.1, 0.15) is 18.2 Å². The number of aromatic nitrogens is 2. The Morgan fingerprint density at radius 2 is 1.95 bits per heavy atom. The summed E-state index contributed by atoms with van der Waals surface area (Å²) in [6.07, 6.45) is 0. The molecule has 0 aliphatic heterocycles. The highest BCUT2D eigenvalue weighted by Crippen LogP contribution is 2.24. The van der Waals surface area contributed by atoms with E-state index in [9.17, 15) is 0 Å². The third-order valence-corrected chi connectivity index (χ3v) is 3.36. The number of aryl methyl sites for hydroxylation is 1. The summed E-state index contributed by atoms with van der Waals surface area (Å²) in [4.78, 5) is 8.87. The van der Waals surface area contributed by atoms with E-state index in [0.717, 1.165) is 33.9 Å². The maximum absolute atomic E-state index is 5.12. The van der Waals surface area contributed by atoms with Crippen molar-refractivity contribution < 1.29 is 4.74 Å². The average Bonchev–Trinajstić information content (AvgIpc) is 2.43. The summed E-state index contributed by atoms with van der Waals surface area (Å²) in [6.45, 7) is 5.27. The Bertz CT molecular complexity index is 594. The number of methoxy groups -OCH3 is 1. The molecule has 1 aromatic heterocycles. The second-order valence-corrected chi connectivity index (χ2v) is 5.52. The number of nitrogens with one attached hydrogen (secondary N) is 2. The molecule has 0 saturated heterocycles. The molecule has 21 heavy (non-hydrogen) atoms. The van der Waals surface area contributed by atoms with E-state index in [0.29, 0.717) is 12.4 Å². The molecule has 6 heteroatoms. The van der Waals surface area contributed by atoms with Crippen LogP contribution in [0.15, 0.2) is 28.7 Å². The summed E-state index contributed by atoms with van der Waals surface area (Å²) < 4.78 is 6.14. The molecule has 1 aromatic carbocycles. The van der Waals surface area contributed by atoms with Crippen molar-refractivity contribution in [3.05, 3.63) is 40.1 Å². The summed E-state index contributed by atoms with van der Waals surface area (Å²) in [5.41, 5.74) is 2.16. The molecule has 0 fully saturated rings. The van der Waals surface area contributed by atoms with Gasteiger partial charge in [-0.25, -0.2) is 9.97 Å². The number of ether oxygens (including phenoxy) is 1. The van der Waals surface area contributed by atoms with Crippen molar-refractivity contribution in [2.24, 2.45) is 0 Å². The molecule has 5 nitrogen and oxygen atoms in total. The monoisotopic (exact) mass is 350 g/mol. The summed E-state index contributed by atoms with van der Waals surface area (Å²) in [7, 11) is 1.63. The SMILES string of the molecule is CCNc1cc(Nc2cc(Br)ccc2C)nc(COC)n1. The molecule has 0 atom stereocenters. The molecule has 0 unspecified atom stereocenters. The molecule has 112 valence electrons. The van der Waals surface area contributed by atoms with Gasteiger partial charge in [-0.15, -0.1) is 0 Å². The molecule has 0 radical (unpaired) electrons. The molecule has 2 aromatic rings. The van der Waals surface area contributed by atoms with Gasteiger partial charge < -0.3 is 15.4 Å². The van der Waals surface area contributed by atoms with Gasteiger partial charge in [0.25, 0.3) is 0 Å². The van der Waals surface area contributed by atoms with E-state index in [1.54, 1.807) is 7.11 Å². The van der Waals surface area contributed by atoms with Gasteiger partial charge in [-0.2, -0.15) is 0 Å². The fourth-order valence-corrected chi connectivity index (χ4v) is 2.25. The van der Waals surface area contributed by atoms with Gasteiger partial charge in [0.15, 0.2) is 5.82 Å². The van der Waals surface area contributed by atoms with Gasteiger partial charge in [-0.3, -0.25) is 0 Å². The fourth-order valence-electron chi connectivity index (χ4n) is 1.89. The average molecular weight is 351 g/mol. The maximum atomic E-state index is 5.12. The minimum Gasteiger partial charge on any atom is -0.377 e. The van der Waals surface area contributed by atoms with Crippen molar-refractivity contribution >= 4 is 33.3 Å². The predicted molar refractivity (Wildman–Crippen MR) is 89.1 cm³/mol. The molecular weight excluding hydrogens is 332 g/mol. The Kier molecular flexibility index (Phi) is 5.52. The van der Waals surface area contributed by atoms with Gasteiger partial charge in [0, 0.05) is 29.9 Å². The minimum absolute atomic E-state index is 0.380. The lowest BCUT2D eigenvalue weighted by molar-refractivity contribution is 0.178. The highest BCUT2D eigenvalue weighted by Gasteiger charge is 2.06. The van der Waals surface area contributed by atoms with Crippen LogP contribution in [0.4, 0.5) is 17.3 Å². The number of hydrogen-bond acceptors (Lipinski definition) is 5. The first-order valence-corrected chi connectivity index (χ1v) is 7.55. The van der Waals surface area contributed by atoms with Crippen LogP contribution in [0.25, 0.3) is 0 Å². The highest BCUT2D eigenvalue weighted by molar-refractivity contribution is 9.10. The first kappa shape index (κ1) is 15.7. The quantitative estimate of drug-likeness (QED) is 0.827. The first-order chi connectivity index (χ1) is 10.1. The molecule has 0 amide bonds. The third-order valence-electron chi connectivity index (χ3n) is 2.87. The Labute approximate surface area is 133 Å². The van der Waals surface area contributed by atoms with E-state index < -0.39 is 0 Å². The maximum Gasteiger partial charge on any atom is 0.158 e. The normalized spacial score (nSPS) is 10.5. The lowest BCUT2D eigenvalue weighted by Gasteiger charge is -2.12. The number of rotatable bonds is 6. The summed E-state index contributed by atoms with van der Waals surface area (Å²) in [6, 6.07) is 7.99. The Balaban J connectivity index is 2.31.